The third kappa shape index (κ3) is 60.6. The molecule has 0 aromatic carbocycles. The van der Waals surface area contributed by atoms with Crippen LogP contribution in [0.3, 0.4) is 0 Å². The Balaban J connectivity index is 5.25. The van der Waals surface area contributed by atoms with E-state index >= 15 is 0 Å². The maximum absolute atomic E-state index is 13.5. The van der Waals surface area contributed by atoms with E-state index in [0.29, 0.717) is 23.9 Å². The third-order valence-electron chi connectivity index (χ3n) is 13.6. The fourth-order valence-corrected chi connectivity index (χ4v) is 9.33. The van der Waals surface area contributed by atoms with Gasteiger partial charge in [-0.25, -0.2) is 4.57 Å². The van der Waals surface area contributed by atoms with Crippen molar-refractivity contribution in [2.75, 3.05) is 40.9 Å². The smallest absolute Gasteiger partial charge is 0.456 e. The van der Waals surface area contributed by atoms with Crippen molar-refractivity contribution in [2.45, 2.75) is 264 Å². The average molecular weight is 1150 g/mol. The molecule has 462 valence electrons. The number of nitrogens with zero attached hydrogens (tertiary/aromatic N) is 1. The van der Waals surface area contributed by atoms with Crippen LogP contribution in [0.15, 0.2) is 134 Å². The van der Waals surface area contributed by atoms with Crippen molar-refractivity contribution in [2.24, 2.45) is 0 Å². The molecule has 0 bridgehead atoms. The van der Waals surface area contributed by atoms with Gasteiger partial charge in [-0.05, 0) is 115 Å². The second-order valence-electron chi connectivity index (χ2n) is 22.5. The molecule has 9 nitrogen and oxygen atoms in total. The standard InChI is InChI=1S/C71H121N2O7P/c1-7-10-13-16-19-22-25-27-29-31-33-34-35-36-37-38-40-42-44-46-49-52-55-58-61-64-71(75)80-69(62-59-56-53-50-47-24-21-18-15-12-9-3)68(67-79-81(76,77)78-66-65-73(4,5)6)72-70(74)63-60-57-54-51-48-45-43-41-39-32-30-28-26-23-20-17-14-11-8-2/h11,14,19-20,22-23,27-30,33-34,36-37,39,41,45,48,54,57,59,62,68-69H,7-10,12-13,15-18,21,24-26,31-32,35,38,40,42-44,46-47,49-53,55-56,58,60-61,63-67H2,1-6H3,(H-,72,74,76,77)/p+1/b14-11-,22-19-,23-20-,29-27-,30-28-,34-33-,37-36-,41-39-,48-45-,57-54-,62-59-. The van der Waals surface area contributed by atoms with E-state index in [0.717, 1.165) is 103 Å². The van der Waals surface area contributed by atoms with Crippen molar-refractivity contribution in [3.05, 3.63) is 134 Å². The van der Waals surface area contributed by atoms with E-state index in [-0.39, 0.29) is 37.9 Å². The summed E-state index contributed by atoms with van der Waals surface area (Å²) >= 11 is 0. The van der Waals surface area contributed by atoms with E-state index < -0.39 is 20.0 Å². The van der Waals surface area contributed by atoms with E-state index in [1.807, 2.05) is 39.4 Å². The minimum absolute atomic E-state index is 0.0185. The van der Waals surface area contributed by atoms with Crippen molar-refractivity contribution < 1.29 is 37.3 Å². The van der Waals surface area contributed by atoms with Crippen LogP contribution in [0, 0.1) is 0 Å². The predicted molar refractivity (Wildman–Crippen MR) is 350 cm³/mol. The zero-order valence-corrected chi connectivity index (χ0v) is 53.6. The summed E-state index contributed by atoms with van der Waals surface area (Å²) in [5.74, 6) is -0.618. The summed E-state index contributed by atoms with van der Waals surface area (Å²) in [5.41, 5.74) is 0. The van der Waals surface area contributed by atoms with Crippen molar-refractivity contribution in [3.63, 3.8) is 0 Å². The van der Waals surface area contributed by atoms with Crippen LogP contribution < -0.4 is 5.32 Å². The molecule has 0 saturated carbocycles. The van der Waals surface area contributed by atoms with Crippen LogP contribution >= 0.6 is 7.82 Å². The van der Waals surface area contributed by atoms with Crippen LogP contribution in [-0.2, 0) is 27.9 Å². The first-order valence-corrected chi connectivity index (χ1v) is 34.0. The Kier molecular flexibility index (Phi) is 56.5. The largest absolute Gasteiger partial charge is 0.472 e. The molecule has 0 aromatic heterocycles. The summed E-state index contributed by atoms with van der Waals surface area (Å²) < 4.78 is 30.6. The first-order valence-electron chi connectivity index (χ1n) is 32.5. The predicted octanol–water partition coefficient (Wildman–Crippen LogP) is 20.4. The Labute approximate surface area is 498 Å². The minimum atomic E-state index is -4.48. The van der Waals surface area contributed by atoms with Crippen molar-refractivity contribution in [1.82, 2.24) is 5.32 Å². The second kappa shape index (κ2) is 59.3. The highest BCUT2D eigenvalue weighted by Crippen LogP contribution is 2.43. The summed E-state index contributed by atoms with van der Waals surface area (Å²) in [6.07, 6.45) is 84.7. The Morgan fingerprint density at radius 2 is 0.802 bits per heavy atom. The van der Waals surface area contributed by atoms with Crippen LogP contribution in [0.25, 0.3) is 0 Å². The van der Waals surface area contributed by atoms with E-state index in [2.05, 4.69) is 142 Å². The van der Waals surface area contributed by atoms with Gasteiger partial charge in [0.1, 0.15) is 19.3 Å². The number of likely N-dealkylation sites (N-methyl/N-ethyl adjacent to an activating group) is 1. The summed E-state index contributed by atoms with van der Waals surface area (Å²) in [6.45, 7) is 6.79. The lowest BCUT2D eigenvalue weighted by Gasteiger charge is -2.27. The molecule has 0 radical (unpaired) electrons. The van der Waals surface area contributed by atoms with Gasteiger partial charge in [-0.2, -0.15) is 0 Å². The number of phosphoric acid groups is 1. The lowest BCUT2D eigenvalue weighted by atomic mass is 10.1. The summed E-state index contributed by atoms with van der Waals surface area (Å²) in [6, 6.07) is -0.901. The minimum Gasteiger partial charge on any atom is -0.456 e. The molecule has 0 saturated heterocycles. The zero-order chi connectivity index (χ0) is 59.3. The molecule has 2 N–H and O–H groups in total. The number of carbonyl (C=O) groups excluding carboxylic acids is 2. The number of hydrogen-bond donors (Lipinski definition) is 2. The number of nitrogens with one attached hydrogen (secondary N) is 1. The van der Waals surface area contributed by atoms with Gasteiger partial charge in [0.15, 0.2) is 0 Å². The maximum atomic E-state index is 13.5. The van der Waals surface area contributed by atoms with Gasteiger partial charge in [0.25, 0.3) is 0 Å². The molecule has 0 heterocycles. The number of esters is 1. The number of unbranched alkanes of at least 4 members (excludes halogenated alkanes) is 21. The molecule has 0 fully saturated rings. The molecule has 1 amide bonds. The highest BCUT2D eigenvalue weighted by atomic mass is 31.2. The molecule has 0 spiro atoms. The quantitative estimate of drug-likeness (QED) is 0.0205. The normalized spacial score (nSPS) is 14.5. The number of allylic oxidation sites excluding steroid dienone is 21. The Morgan fingerprint density at radius 1 is 0.444 bits per heavy atom. The van der Waals surface area contributed by atoms with Crippen LogP contribution in [-0.4, -0.2) is 74.3 Å². The van der Waals surface area contributed by atoms with E-state index in [4.69, 9.17) is 13.8 Å². The first-order chi connectivity index (χ1) is 39.4. The molecule has 0 rings (SSSR count). The monoisotopic (exact) mass is 1150 g/mol. The van der Waals surface area contributed by atoms with Crippen LogP contribution in [0.1, 0.15) is 252 Å². The van der Waals surface area contributed by atoms with Gasteiger partial charge in [-0.1, -0.05) is 258 Å². The van der Waals surface area contributed by atoms with Crippen molar-refractivity contribution >= 4 is 19.7 Å². The van der Waals surface area contributed by atoms with Gasteiger partial charge < -0.3 is 19.4 Å². The van der Waals surface area contributed by atoms with Crippen LogP contribution in [0.5, 0.6) is 0 Å². The van der Waals surface area contributed by atoms with Crippen molar-refractivity contribution in [3.8, 4) is 0 Å². The number of hydrogen-bond acceptors (Lipinski definition) is 6. The van der Waals surface area contributed by atoms with E-state index in [9.17, 15) is 19.0 Å². The Bertz CT molecular complexity index is 1850. The number of quaternary nitrogens is 1. The molecule has 0 aliphatic rings. The topological polar surface area (TPSA) is 111 Å². The van der Waals surface area contributed by atoms with Gasteiger partial charge in [-0.15, -0.1) is 0 Å². The number of amides is 1. The van der Waals surface area contributed by atoms with Gasteiger partial charge in [0, 0.05) is 12.8 Å². The lowest BCUT2D eigenvalue weighted by molar-refractivity contribution is -0.870. The maximum Gasteiger partial charge on any atom is 0.472 e. The molecule has 3 atom stereocenters. The number of ether oxygens (including phenoxy) is 1. The van der Waals surface area contributed by atoms with Crippen molar-refractivity contribution in [1.29, 1.82) is 0 Å². The summed E-state index contributed by atoms with van der Waals surface area (Å²) in [7, 11) is 1.43. The highest BCUT2D eigenvalue weighted by Gasteiger charge is 2.30. The van der Waals surface area contributed by atoms with Gasteiger partial charge in [-0.3, -0.25) is 18.6 Å². The SMILES string of the molecule is CC/C=C\C/C=C\C/C=C\C/C=C\C/C=C\C/C=C\CCC(=O)NC(COP(=O)(O)OCC[N+](C)(C)C)C(/C=C\CCCCCCCCCCC)OC(=O)CCCCCCCCCCC/C=C\C/C=C\C/C=C\C/C=C\CCCCC. The zero-order valence-electron chi connectivity index (χ0n) is 52.7. The van der Waals surface area contributed by atoms with E-state index in [1.165, 1.54) is 103 Å². The van der Waals surface area contributed by atoms with Crippen LogP contribution in [0.4, 0.5) is 0 Å². The Hall–Kier alpha value is -3.85. The molecule has 0 aliphatic carbocycles. The molecule has 0 aromatic rings. The van der Waals surface area contributed by atoms with Gasteiger partial charge in [0.2, 0.25) is 5.91 Å². The molecule has 0 aliphatic heterocycles. The lowest BCUT2D eigenvalue weighted by Crippen LogP contribution is -2.47. The molecule has 10 heteroatoms. The number of phosphoric ester groups is 1. The fraction of sp³-hybridized carbons (Fsp3) is 0.662. The second-order valence-corrected chi connectivity index (χ2v) is 24.0. The van der Waals surface area contributed by atoms with Crippen LogP contribution in [0.2, 0.25) is 0 Å². The average Bonchev–Trinajstić information content (AvgIpc) is 3.43. The third-order valence-corrected chi connectivity index (χ3v) is 14.6. The summed E-state index contributed by atoms with van der Waals surface area (Å²) in [5, 5.41) is 3.00. The molecule has 3 unspecified atom stereocenters. The Morgan fingerprint density at radius 3 is 1.23 bits per heavy atom. The highest BCUT2D eigenvalue weighted by molar-refractivity contribution is 7.47. The van der Waals surface area contributed by atoms with Gasteiger partial charge >= 0.3 is 13.8 Å². The molecular weight excluding hydrogens is 1020 g/mol. The molecule has 81 heavy (non-hydrogen) atoms. The first kappa shape index (κ1) is 77.2. The number of rotatable bonds is 57. The fourth-order valence-electron chi connectivity index (χ4n) is 8.59. The molecular formula is C71H122N2O7P+. The van der Waals surface area contributed by atoms with Gasteiger partial charge in [0.05, 0.1) is 33.8 Å². The van der Waals surface area contributed by atoms with E-state index in [1.54, 1.807) is 0 Å². The number of carbonyl (C=O) groups is 2. The summed E-state index contributed by atoms with van der Waals surface area (Å²) in [4.78, 5) is 37.7.